The van der Waals surface area contributed by atoms with Crippen LogP contribution in [0, 0.1) is 0 Å². The first-order chi connectivity index (χ1) is 6.36. The lowest BCUT2D eigenvalue weighted by atomic mass is 10.1. The Kier molecular flexibility index (Phi) is 2.39. The van der Waals surface area contributed by atoms with Crippen LogP contribution >= 0.6 is 0 Å². The van der Waals surface area contributed by atoms with Crippen LogP contribution in [-0.2, 0) is 4.79 Å². The van der Waals surface area contributed by atoms with E-state index in [2.05, 4.69) is 4.99 Å². The Morgan fingerprint density at radius 2 is 1.85 bits per heavy atom. The number of hydrogen-bond donors (Lipinski definition) is 0. The summed E-state index contributed by atoms with van der Waals surface area (Å²) in [6, 6.07) is 0.398. The molecule has 0 aromatic heterocycles. The molecule has 0 amide bonds. The number of carbonyl (C=O) groups is 1. The van der Waals surface area contributed by atoms with Gasteiger partial charge in [0.15, 0.2) is 0 Å². The highest BCUT2D eigenvalue weighted by molar-refractivity contribution is 6.48. The van der Waals surface area contributed by atoms with Crippen LogP contribution in [0.4, 0.5) is 0 Å². The van der Waals surface area contributed by atoms with Crippen molar-refractivity contribution in [3.8, 4) is 0 Å². The van der Waals surface area contributed by atoms with Gasteiger partial charge in [0.2, 0.25) is 5.78 Å². The molecule has 68 valence electrons. The summed E-state index contributed by atoms with van der Waals surface area (Å²) in [6.45, 7) is 0. The van der Waals surface area contributed by atoms with Gasteiger partial charge in [0.25, 0.3) is 0 Å². The van der Waals surface area contributed by atoms with Gasteiger partial charge in [0, 0.05) is 0 Å². The Balaban J connectivity index is 2.10. The maximum absolute atomic E-state index is 11.3. The van der Waals surface area contributed by atoms with E-state index >= 15 is 0 Å². The average molecular weight is 175 g/mol. The highest BCUT2D eigenvalue weighted by Gasteiger charge is 2.16. The number of hydrogen-bond acceptors (Lipinski definition) is 2. The summed E-state index contributed by atoms with van der Waals surface area (Å²) in [7, 11) is 0. The number of aliphatic imine (C=N–C) groups is 1. The lowest BCUT2D eigenvalue weighted by Crippen LogP contribution is -2.13. The number of nitrogens with zero attached hydrogens (tertiary/aromatic N) is 1. The van der Waals surface area contributed by atoms with E-state index in [1.807, 2.05) is 6.08 Å². The van der Waals surface area contributed by atoms with E-state index in [0.717, 1.165) is 12.8 Å². The van der Waals surface area contributed by atoms with Gasteiger partial charge in [-0.05, 0) is 25.0 Å². The second-order valence-corrected chi connectivity index (χ2v) is 3.54. The third-order valence-electron chi connectivity index (χ3n) is 2.51. The van der Waals surface area contributed by atoms with Gasteiger partial charge in [-0.3, -0.25) is 9.79 Å². The van der Waals surface area contributed by atoms with E-state index in [0.29, 0.717) is 11.8 Å². The second-order valence-electron chi connectivity index (χ2n) is 3.54. The smallest absolute Gasteiger partial charge is 0.203 e. The van der Waals surface area contributed by atoms with Crippen molar-refractivity contribution in [1.29, 1.82) is 0 Å². The molecule has 0 spiro atoms. The first-order valence-electron chi connectivity index (χ1n) is 4.83. The van der Waals surface area contributed by atoms with Crippen LogP contribution in [0.1, 0.15) is 25.7 Å². The molecule has 13 heavy (non-hydrogen) atoms. The maximum Gasteiger partial charge on any atom is 0.203 e. The third-order valence-corrected chi connectivity index (χ3v) is 2.51. The van der Waals surface area contributed by atoms with Gasteiger partial charge in [-0.2, -0.15) is 0 Å². The lowest BCUT2D eigenvalue weighted by molar-refractivity contribution is -0.108. The fraction of sp³-hybridized carbons (Fsp3) is 0.455. The molecule has 0 saturated heterocycles. The molecule has 2 rings (SSSR count). The van der Waals surface area contributed by atoms with E-state index in [1.165, 1.54) is 12.8 Å². The fourth-order valence-corrected chi connectivity index (χ4v) is 1.79. The van der Waals surface area contributed by atoms with Crippen LogP contribution in [0.15, 0.2) is 29.3 Å². The van der Waals surface area contributed by atoms with E-state index in [4.69, 9.17) is 0 Å². The van der Waals surface area contributed by atoms with Crippen molar-refractivity contribution in [2.24, 2.45) is 4.99 Å². The van der Waals surface area contributed by atoms with Crippen molar-refractivity contribution in [3.63, 3.8) is 0 Å². The third kappa shape index (κ3) is 1.94. The predicted octanol–water partition coefficient (Wildman–Crippen LogP) is 2.07. The number of rotatable bonds is 1. The van der Waals surface area contributed by atoms with Crippen LogP contribution in [0.2, 0.25) is 0 Å². The van der Waals surface area contributed by atoms with Crippen molar-refractivity contribution in [2.75, 3.05) is 0 Å². The summed E-state index contributed by atoms with van der Waals surface area (Å²) in [6.07, 6.45) is 11.8. The number of allylic oxidation sites excluding steroid dienone is 4. The van der Waals surface area contributed by atoms with Gasteiger partial charge < -0.3 is 0 Å². The van der Waals surface area contributed by atoms with E-state index in [1.54, 1.807) is 18.2 Å². The van der Waals surface area contributed by atoms with Gasteiger partial charge in [0.1, 0.15) is 5.71 Å². The van der Waals surface area contributed by atoms with Crippen molar-refractivity contribution in [1.82, 2.24) is 0 Å². The van der Waals surface area contributed by atoms with Crippen LogP contribution in [0.3, 0.4) is 0 Å². The molecule has 0 atom stereocenters. The molecule has 0 heterocycles. The quantitative estimate of drug-likeness (QED) is 0.561. The molecule has 2 heteroatoms. The lowest BCUT2D eigenvalue weighted by Gasteiger charge is -2.05. The molecule has 2 aliphatic carbocycles. The summed E-state index contributed by atoms with van der Waals surface area (Å²) >= 11 is 0. The molecule has 2 aliphatic rings. The van der Waals surface area contributed by atoms with Gasteiger partial charge in [-0.25, -0.2) is 0 Å². The average Bonchev–Trinajstić information content (AvgIpc) is 2.61. The SMILES string of the molecule is O=C1C=CC=CC1=NC1CCCC1. The standard InChI is InChI=1S/C11H13NO/c13-11-8-4-3-7-10(11)12-9-5-1-2-6-9/h3-4,7-9H,1-2,5-6H2. The fourth-order valence-electron chi connectivity index (χ4n) is 1.79. The maximum atomic E-state index is 11.3. The molecular formula is C11H13NO. The van der Waals surface area contributed by atoms with Gasteiger partial charge in [-0.15, -0.1) is 0 Å². The molecule has 0 N–H and O–H groups in total. The minimum atomic E-state index is 0.0504. The normalized spacial score (nSPS) is 26.2. The summed E-state index contributed by atoms with van der Waals surface area (Å²) in [5, 5.41) is 0. The minimum absolute atomic E-state index is 0.0504. The Bertz CT molecular complexity index is 293. The molecule has 1 saturated carbocycles. The first-order valence-corrected chi connectivity index (χ1v) is 4.83. The van der Waals surface area contributed by atoms with Crippen LogP contribution in [-0.4, -0.2) is 17.5 Å². The predicted molar refractivity (Wildman–Crippen MR) is 53.0 cm³/mol. The molecule has 1 fully saturated rings. The van der Waals surface area contributed by atoms with Gasteiger partial charge >= 0.3 is 0 Å². The Labute approximate surface area is 78.1 Å². The summed E-state index contributed by atoms with van der Waals surface area (Å²) < 4.78 is 0. The monoisotopic (exact) mass is 175 g/mol. The zero-order chi connectivity index (χ0) is 9.10. The molecule has 0 unspecified atom stereocenters. The molecular weight excluding hydrogens is 162 g/mol. The topological polar surface area (TPSA) is 29.4 Å². The molecule has 0 radical (unpaired) electrons. The highest BCUT2D eigenvalue weighted by atomic mass is 16.1. The number of carbonyl (C=O) groups excluding carboxylic acids is 1. The van der Waals surface area contributed by atoms with Crippen LogP contribution in [0.25, 0.3) is 0 Å². The zero-order valence-electron chi connectivity index (χ0n) is 7.57. The van der Waals surface area contributed by atoms with Crippen molar-refractivity contribution < 1.29 is 4.79 Å². The van der Waals surface area contributed by atoms with Crippen LogP contribution in [0.5, 0.6) is 0 Å². The Morgan fingerprint density at radius 3 is 2.54 bits per heavy atom. The highest BCUT2D eigenvalue weighted by Crippen LogP contribution is 2.21. The van der Waals surface area contributed by atoms with Crippen molar-refractivity contribution in [3.05, 3.63) is 24.3 Å². The van der Waals surface area contributed by atoms with Crippen molar-refractivity contribution in [2.45, 2.75) is 31.7 Å². The molecule has 0 aliphatic heterocycles. The zero-order valence-corrected chi connectivity index (χ0v) is 7.57. The minimum Gasteiger partial charge on any atom is -0.288 e. The van der Waals surface area contributed by atoms with Gasteiger partial charge in [0.05, 0.1) is 6.04 Å². The Morgan fingerprint density at radius 1 is 1.15 bits per heavy atom. The summed E-state index contributed by atoms with van der Waals surface area (Å²) in [4.78, 5) is 15.8. The second kappa shape index (κ2) is 3.69. The van der Waals surface area contributed by atoms with E-state index < -0.39 is 0 Å². The number of ketones is 1. The van der Waals surface area contributed by atoms with E-state index in [9.17, 15) is 4.79 Å². The molecule has 2 nitrogen and oxygen atoms in total. The largest absolute Gasteiger partial charge is 0.288 e. The van der Waals surface area contributed by atoms with Crippen LogP contribution < -0.4 is 0 Å². The molecule has 0 aromatic carbocycles. The summed E-state index contributed by atoms with van der Waals surface area (Å²) in [5.41, 5.74) is 0.634. The molecule has 0 bridgehead atoms. The first kappa shape index (κ1) is 8.42. The Hall–Kier alpha value is -1.18. The summed E-state index contributed by atoms with van der Waals surface area (Å²) in [5.74, 6) is 0.0504. The van der Waals surface area contributed by atoms with Crippen molar-refractivity contribution >= 4 is 11.5 Å². The van der Waals surface area contributed by atoms with Gasteiger partial charge in [-0.1, -0.05) is 25.0 Å². The molecule has 0 aromatic rings. The van der Waals surface area contributed by atoms with E-state index in [-0.39, 0.29) is 5.78 Å².